The van der Waals surface area contributed by atoms with Crippen molar-refractivity contribution in [1.29, 1.82) is 0 Å². The van der Waals surface area contributed by atoms with Crippen LogP contribution in [0.3, 0.4) is 0 Å². The fourth-order valence-corrected chi connectivity index (χ4v) is 1.94. The summed E-state index contributed by atoms with van der Waals surface area (Å²) in [4.78, 5) is 13.7. The summed E-state index contributed by atoms with van der Waals surface area (Å²) in [5.41, 5.74) is 5.06. The maximum Gasteiger partial charge on any atom is 0.417 e. The van der Waals surface area contributed by atoms with Crippen molar-refractivity contribution in [1.82, 2.24) is 4.98 Å². The van der Waals surface area contributed by atoms with Crippen LogP contribution in [-0.2, 0) is 17.4 Å². The number of benzene rings is 1. The number of carbonyl (C=O) groups is 1. The lowest BCUT2D eigenvalue weighted by molar-refractivity contribution is -0.137. The number of alkyl halides is 3. The lowest BCUT2D eigenvalue weighted by Crippen LogP contribution is -2.14. The number of nitrogens with two attached hydrogens (primary N) is 1. The highest BCUT2D eigenvalue weighted by atomic mass is 19.4. The van der Waals surface area contributed by atoms with E-state index in [1.54, 1.807) is 6.07 Å². The van der Waals surface area contributed by atoms with E-state index in [2.05, 4.69) is 4.98 Å². The summed E-state index contributed by atoms with van der Waals surface area (Å²) in [7, 11) is 0. The number of rotatable bonds is 3. The maximum absolute atomic E-state index is 12.9. The van der Waals surface area contributed by atoms with Gasteiger partial charge in [0.15, 0.2) is 0 Å². The first-order valence-electron chi connectivity index (χ1n) is 5.50. The zero-order valence-corrected chi connectivity index (χ0v) is 9.79. The molecule has 1 aromatic heterocycles. The Labute approximate surface area is 107 Å². The van der Waals surface area contributed by atoms with Crippen molar-refractivity contribution in [2.75, 3.05) is 0 Å². The van der Waals surface area contributed by atoms with Crippen LogP contribution in [0.1, 0.15) is 11.1 Å². The van der Waals surface area contributed by atoms with Crippen LogP contribution in [0, 0.1) is 0 Å². The van der Waals surface area contributed by atoms with Crippen LogP contribution in [0.25, 0.3) is 11.3 Å². The zero-order chi connectivity index (χ0) is 14.0. The number of primary amides is 1. The van der Waals surface area contributed by atoms with Crippen LogP contribution in [-0.4, -0.2) is 10.9 Å². The quantitative estimate of drug-likeness (QED) is 0.883. The monoisotopic (exact) mass is 268 g/mol. The molecule has 0 aliphatic carbocycles. The molecule has 1 aromatic carbocycles. The standard InChI is InChI=1S/C13H11F3N2O/c14-13(15,16)10-4-2-1-3-9(10)12-8(5-6-18-12)7-11(17)19/h1-6,18H,7H2,(H2,17,19). The van der Waals surface area contributed by atoms with Gasteiger partial charge in [-0.25, -0.2) is 0 Å². The zero-order valence-electron chi connectivity index (χ0n) is 9.79. The molecule has 2 aromatic rings. The first-order valence-corrected chi connectivity index (χ1v) is 5.50. The SMILES string of the molecule is NC(=O)Cc1cc[nH]c1-c1ccccc1C(F)(F)F. The Hall–Kier alpha value is -2.24. The Morgan fingerprint density at radius 3 is 2.53 bits per heavy atom. The second kappa shape index (κ2) is 4.79. The van der Waals surface area contributed by atoms with Gasteiger partial charge in [0, 0.05) is 17.5 Å². The van der Waals surface area contributed by atoms with Crippen LogP contribution in [0.15, 0.2) is 36.5 Å². The van der Waals surface area contributed by atoms with Crippen LogP contribution in [0.2, 0.25) is 0 Å². The van der Waals surface area contributed by atoms with Crippen LogP contribution in [0.5, 0.6) is 0 Å². The van der Waals surface area contributed by atoms with Crippen molar-refractivity contribution in [3.63, 3.8) is 0 Å². The summed E-state index contributed by atoms with van der Waals surface area (Å²) in [6.07, 6.45) is -3.07. The van der Waals surface area contributed by atoms with Crippen molar-refractivity contribution in [3.05, 3.63) is 47.7 Å². The average Bonchev–Trinajstić information content (AvgIpc) is 2.75. The van der Waals surface area contributed by atoms with Crippen molar-refractivity contribution in [3.8, 4) is 11.3 Å². The molecule has 2 rings (SSSR count). The Morgan fingerprint density at radius 1 is 1.21 bits per heavy atom. The summed E-state index contributed by atoms with van der Waals surface area (Å²) in [5, 5.41) is 0. The van der Waals surface area contributed by atoms with Gasteiger partial charge in [-0.3, -0.25) is 4.79 Å². The number of amides is 1. The molecular weight excluding hydrogens is 257 g/mol. The molecule has 1 amide bonds. The van der Waals surface area contributed by atoms with Gasteiger partial charge in [0.05, 0.1) is 12.0 Å². The highest BCUT2D eigenvalue weighted by Crippen LogP contribution is 2.37. The molecule has 0 radical (unpaired) electrons. The average molecular weight is 268 g/mol. The molecule has 0 fully saturated rings. The van der Waals surface area contributed by atoms with E-state index >= 15 is 0 Å². The minimum atomic E-state index is -4.45. The van der Waals surface area contributed by atoms with E-state index in [-0.39, 0.29) is 17.7 Å². The number of aromatic nitrogens is 1. The van der Waals surface area contributed by atoms with Gasteiger partial charge in [0.1, 0.15) is 0 Å². The smallest absolute Gasteiger partial charge is 0.369 e. The van der Waals surface area contributed by atoms with Crippen LogP contribution < -0.4 is 5.73 Å². The first-order chi connectivity index (χ1) is 8.89. The molecule has 0 bridgehead atoms. The highest BCUT2D eigenvalue weighted by Gasteiger charge is 2.34. The molecule has 0 aliphatic heterocycles. The van der Waals surface area contributed by atoms with Gasteiger partial charge in [0.25, 0.3) is 0 Å². The predicted octanol–water partition coefficient (Wildman–Crippen LogP) is 2.73. The van der Waals surface area contributed by atoms with Crippen molar-refractivity contribution < 1.29 is 18.0 Å². The summed E-state index contributed by atoms with van der Waals surface area (Å²) in [5.74, 6) is -0.592. The summed E-state index contributed by atoms with van der Waals surface area (Å²) < 4.78 is 38.8. The molecule has 0 saturated carbocycles. The molecule has 6 heteroatoms. The third-order valence-corrected chi connectivity index (χ3v) is 2.70. The van der Waals surface area contributed by atoms with Gasteiger partial charge in [-0.05, 0) is 17.7 Å². The normalized spacial score (nSPS) is 11.5. The minimum Gasteiger partial charge on any atom is -0.369 e. The van der Waals surface area contributed by atoms with E-state index in [4.69, 9.17) is 5.73 Å². The predicted molar refractivity (Wildman–Crippen MR) is 64.1 cm³/mol. The highest BCUT2D eigenvalue weighted by molar-refractivity contribution is 5.80. The Bertz CT molecular complexity index is 602. The molecule has 0 aliphatic rings. The van der Waals surface area contributed by atoms with Crippen LogP contribution in [0.4, 0.5) is 13.2 Å². The summed E-state index contributed by atoms with van der Waals surface area (Å²) >= 11 is 0. The summed E-state index contributed by atoms with van der Waals surface area (Å²) in [6, 6.07) is 6.75. The van der Waals surface area contributed by atoms with Gasteiger partial charge >= 0.3 is 6.18 Å². The van der Waals surface area contributed by atoms with Gasteiger partial charge < -0.3 is 10.7 Å². The summed E-state index contributed by atoms with van der Waals surface area (Å²) in [6.45, 7) is 0. The molecule has 3 nitrogen and oxygen atoms in total. The fourth-order valence-electron chi connectivity index (χ4n) is 1.94. The maximum atomic E-state index is 12.9. The number of nitrogens with one attached hydrogen (secondary N) is 1. The number of aromatic amines is 1. The van der Waals surface area contributed by atoms with Crippen LogP contribution >= 0.6 is 0 Å². The van der Waals surface area contributed by atoms with E-state index in [0.717, 1.165) is 6.07 Å². The second-order valence-electron chi connectivity index (χ2n) is 4.06. The Morgan fingerprint density at radius 2 is 1.89 bits per heavy atom. The molecule has 0 atom stereocenters. The number of hydrogen-bond acceptors (Lipinski definition) is 1. The Kier molecular flexibility index (Phi) is 3.33. The molecule has 100 valence electrons. The molecule has 0 spiro atoms. The molecular formula is C13H11F3N2O. The van der Waals surface area contributed by atoms with Gasteiger partial charge in [-0.15, -0.1) is 0 Å². The lowest BCUT2D eigenvalue weighted by Gasteiger charge is -2.12. The van der Waals surface area contributed by atoms with Gasteiger partial charge in [-0.2, -0.15) is 13.2 Å². The van der Waals surface area contributed by atoms with E-state index in [9.17, 15) is 18.0 Å². The minimum absolute atomic E-state index is 0.0104. The molecule has 1 heterocycles. The fraction of sp³-hybridized carbons (Fsp3) is 0.154. The van der Waals surface area contributed by atoms with Crippen molar-refractivity contribution in [2.24, 2.45) is 5.73 Å². The number of H-pyrrole nitrogens is 1. The molecule has 3 N–H and O–H groups in total. The third kappa shape index (κ3) is 2.78. The van der Waals surface area contributed by atoms with E-state index in [0.29, 0.717) is 5.56 Å². The number of carbonyl (C=O) groups excluding carboxylic acids is 1. The van der Waals surface area contributed by atoms with E-state index in [1.165, 1.54) is 24.4 Å². The second-order valence-corrected chi connectivity index (χ2v) is 4.06. The van der Waals surface area contributed by atoms with Crippen molar-refractivity contribution >= 4 is 5.91 Å². The number of halogens is 3. The third-order valence-electron chi connectivity index (χ3n) is 2.70. The molecule has 19 heavy (non-hydrogen) atoms. The molecule has 0 unspecified atom stereocenters. The Balaban J connectivity index is 2.54. The largest absolute Gasteiger partial charge is 0.417 e. The van der Waals surface area contributed by atoms with E-state index in [1.807, 2.05) is 0 Å². The number of hydrogen-bond donors (Lipinski definition) is 2. The lowest BCUT2D eigenvalue weighted by atomic mass is 10.00. The first kappa shape index (κ1) is 13.2. The van der Waals surface area contributed by atoms with Gasteiger partial charge in [0.2, 0.25) is 5.91 Å². The van der Waals surface area contributed by atoms with Crippen molar-refractivity contribution in [2.45, 2.75) is 12.6 Å². The molecule has 0 saturated heterocycles. The topological polar surface area (TPSA) is 58.9 Å². The van der Waals surface area contributed by atoms with E-state index < -0.39 is 17.6 Å². The van der Waals surface area contributed by atoms with Gasteiger partial charge in [-0.1, -0.05) is 18.2 Å².